The molecule has 90 valence electrons. The van der Waals surface area contributed by atoms with Gasteiger partial charge in [-0.05, 0) is 32.2 Å². The summed E-state index contributed by atoms with van der Waals surface area (Å²) in [5.41, 5.74) is 0. The highest BCUT2D eigenvalue weighted by molar-refractivity contribution is 4.98. The number of nitrogens with zero attached hydrogens (tertiary/aromatic N) is 2. The Balaban J connectivity index is 2.11. The number of methoxy groups -OCH3 is 1. The van der Waals surface area contributed by atoms with Crippen LogP contribution in [0.2, 0.25) is 0 Å². The van der Waals surface area contributed by atoms with Crippen LogP contribution in [0.4, 0.5) is 0 Å². The predicted molar refractivity (Wildman–Crippen MR) is 58.9 cm³/mol. The molecule has 0 bridgehead atoms. The molecule has 3 unspecified atom stereocenters. The molecule has 0 radical (unpaired) electrons. The molecular formula is C11H19N3O2. The van der Waals surface area contributed by atoms with Crippen LogP contribution in [0.25, 0.3) is 0 Å². The molecule has 1 aliphatic heterocycles. The molecule has 16 heavy (non-hydrogen) atoms. The molecule has 5 heteroatoms. The smallest absolute Gasteiger partial charge is 0.244 e. The average molecular weight is 225 g/mol. The summed E-state index contributed by atoms with van der Waals surface area (Å²) >= 11 is 0. The number of aromatic nitrogens is 2. The fraction of sp³-hybridized carbons (Fsp3) is 0.818. The van der Waals surface area contributed by atoms with Crippen LogP contribution >= 0.6 is 0 Å². The van der Waals surface area contributed by atoms with E-state index in [1.807, 2.05) is 6.92 Å². The number of hydrogen-bond acceptors (Lipinski definition) is 5. The van der Waals surface area contributed by atoms with Gasteiger partial charge in [-0.1, -0.05) is 12.1 Å². The maximum atomic E-state index is 5.29. The molecule has 1 aliphatic rings. The predicted octanol–water partition coefficient (Wildman–Crippen LogP) is 1.84. The molecule has 1 aromatic heterocycles. The van der Waals surface area contributed by atoms with E-state index in [1.165, 1.54) is 12.8 Å². The van der Waals surface area contributed by atoms with E-state index in [1.54, 1.807) is 7.11 Å². The third-order valence-corrected chi connectivity index (χ3v) is 3.21. The van der Waals surface area contributed by atoms with Gasteiger partial charge in [0.2, 0.25) is 5.89 Å². The number of nitrogens with one attached hydrogen (secondary N) is 1. The van der Waals surface area contributed by atoms with Crippen molar-refractivity contribution in [1.29, 1.82) is 0 Å². The molecule has 0 aromatic carbocycles. The molecule has 1 N–H and O–H groups in total. The van der Waals surface area contributed by atoms with Gasteiger partial charge in [-0.2, -0.15) is 4.98 Å². The van der Waals surface area contributed by atoms with Crippen LogP contribution in [0, 0.1) is 5.92 Å². The Kier molecular flexibility index (Phi) is 3.56. The van der Waals surface area contributed by atoms with Crippen LogP contribution in [0.1, 0.15) is 50.6 Å². The molecule has 0 amide bonds. The van der Waals surface area contributed by atoms with E-state index in [0.29, 0.717) is 17.6 Å². The van der Waals surface area contributed by atoms with Gasteiger partial charge in [0, 0.05) is 7.11 Å². The first-order valence-corrected chi connectivity index (χ1v) is 5.82. The summed E-state index contributed by atoms with van der Waals surface area (Å²) in [5, 5.41) is 7.36. The van der Waals surface area contributed by atoms with E-state index in [2.05, 4.69) is 22.4 Å². The maximum Gasteiger partial charge on any atom is 0.244 e. The van der Waals surface area contributed by atoms with Crippen LogP contribution in [-0.2, 0) is 4.74 Å². The lowest BCUT2D eigenvalue weighted by Crippen LogP contribution is -2.33. The van der Waals surface area contributed by atoms with Crippen LogP contribution in [0.15, 0.2) is 4.52 Å². The van der Waals surface area contributed by atoms with Gasteiger partial charge in [-0.25, -0.2) is 0 Å². The van der Waals surface area contributed by atoms with E-state index in [-0.39, 0.29) is 12.1 Å². The topological polar surface area (TPSA) is 60.2 Å². The van der Waals surface area contributed by atoms with Gasteiger partial charge in [0.15, 0.2) is 5.82 Å². The van der Waals surface area contributed by atoms with Crippen LogP contribution < -0.4 is 5.32 Å². The minimum atomic E-state index is -0.114. The Morgan fingerprint density at radius 1 is 1.56 bits per heavy atom. The highest BCUT2D eigenvalue weighted by atomic mass is 16.5. The van der Waals surface area contributed by atoms with Crippen LogP contribution in [0.3, 0.4) is 0 Å². The first-order valence-electron chi connectivity index (χ1n) is 5.82. The van der Waals surface area contributed by atoms with E-state index in [0.717, 1.165) is 6.54 Å². The molecule has 0 spiro atoms. The lowest BCUT2D eigenvalue weighted by atomic mass is 9.93. The standard InChI is InChI=1S/C11H19N3O2/c1-7-5-4-6-12-9(7)11-13-10(14-16-11)8(2)15-3/h7-9,12H,4-6H2,1-3H3. The van der Waals surface area contributed by atoms with Crippen molar-refractivity contribution in [3.63, 3.8) is 0 Å². The molecule has 1 saturated heterocycles. The normalized spacial score (nSPS) is 27.9. The Morgan fingerprint density at radius 3 is 3.06 bits per heavy atom. The van der Waals surface area contributed by atoms with Gasteiger partial charge in [-0.3, -0.25) is 0 Å². The number of hydrogen-bond donors (Lipinski definition) is 1. The second kappa shape index (κ2) is 4.93. The quantitative estimate of drug-likeness (QED) is 0.850. The van der Waals surface area contributed by atoms with Gasteiger partial charge in [-0.15, -0.1) is 0 Å². The number of rotatable bonds is 3. The average Bonchev–Trinajstić information content (AvgIpc) is 2.78. The molecule has 0 aliphatic carbocycles. The first kappa shape index (κ1) is 11.5. The number of piperidine rings is 1. The van der Waals surface area contributed by atoms with E-state index in [4.69, 9.17) is 9.26 Å². The molecule has 2 rings (SSSR count). The summed E-state index contributed by atoms with van der Waals surface area (Å²) in [6, 6.07) is 0.194. The summed E-state index contributed by atoms with van der Waals surface area (Å²) in [6.45, 7) is 5.14. The lowest BCUT2D eigenvalue weighted by molar-refractivity contribution is 0.109. The number of ether oxygens (including phenoxy) is 1. The summed E-state index contributed by atoms with van der Waals surface area (Å²) < 4.78 is 10.5. The maximum absolute atomic E-state index is 5.29. The second-order valence-corrected chi connectivity index (χ2v) is 4.42. The van der Waals surface area contributed by atoms with Crippen molar-refractivity contribution >= 4 is 0 Å². The molecule has 0 saturated carbocycles. The summed E-state index contributed by atoms with van der Waals surface area (Å²) in [5.74, 6) is 1.85. The Bertz CT molecular complexity index is 340. The van der Waals surface area contributed by atoms with Gasteiger partial charge in [0.1, 0.15) is 6.10 Å². The lowest BCUT2D eigenvalue weighted by Gasteiger charge is -2.26. The third-order valence-electron chi connectivity index (χ3n) is 3.21. The van der Waals surface area contributed by atoms with E-state index < -0.39 is 0 Å². The first-order chi connectivity index (χ1) is 7.72. The SMILES string of the molecule is COC(C)c1noc(C2NCCCC2C)n1. The van der Waals surface area contributed by atoms with Gasteiger partial charge < -0.3 is 14.6 Å². The van der Waals surface area contributed by atoms with E-state index >= 15 is 0 Å². The largest absolute Gasteiger partial charge is 0.374 e. The molecule has 1 fully saturated rings. The molecule has 3 atom stereocenters. The summed E-state index contributed by atoms with van der Waals surface area (Å²) in [4.78, 5) is 4.39. The Labute approximate surface area is 95.6 Å². The molecular weight excluding hydrogens is 206 g/mol. The second-order valence-electron chi connectivity index (χ2n) is 4.42. The zero-order chi connectivity index (χ0) is 11.5. The van der Waals surface area contributed by atoms with Gasteiger partial charge in [0.25, 0.3) is 0 Å². The Morgan fingerprint density at radius 2 is 2.38 bits per heavy atom. The van der Waals surface area contributed by atoms with Crippen molar-refractivity contribution in [3.8, 4) is 0 Å². The molecule has 1 aromatic rings. The summed E-state index contributed by atoms with van der Waals surface area (Å²) in [6.07, 6.45) is 2.30. The van der Waals surface area contributed by atoms with Crippen molar-refractivity contribution in [1.82, 2.24) is 15.5 Å². The zero-order valence-corrected chi connectivity index (χ0v) is 10.1. The highest BCUT2D eigenvalue weighted by Crippen LogP contribution is 2.28. The van der Waals surface area contributed by atoms with Crippen molar-refractivity contribution in [2.45, 2.75) is 38.8 Å². The fourth-order valence-electron chi connectivity index (χ4n) is 2.02. The van der Waals surface area contributed by atoms with Crippen molar-refractivity contribution in [2.24, 2.45) is 5.92 Å². The Hall–Kier alpha value is -0.940. The summed E-state index contributed by atoms with van der Waals surface area (Å²) in [7, 11) is 1.64. The molecule has 2 heterocycles. The van der Waals surface area contributed by atoms with Crippen LogP contribution in [-0.4, -0.2) is 23.8 Å². The zero-order valence-electron chi connectivity index (χ0n) is 10.1. The monoisotopic (exact) mass is 225 g/mol. The van der Waals surface area contributed by atoms with E-state index in [9.17, 15) is 0 Å². The minimum absolute atomic E-state index is 0.114. The van der Waals surface area contributed by atoms with Gasteiger partial charge >= 0.3 is 0 Å². The fourth-order valence-corrected chi connectivity index (χ4v) is 2.02. The van der Waals surface area contributed by atoms with Crippen molar-refractivity contribution in [3.05, 3.63) is 11.7 Å². The third kappa shape index (κ3) is 2.25. The van der Waals surface area contributed by atoms with Crippen molar-refractivity contribution in [2.75, 3.05) is 13.7 Å². The molecule has 5 nitrogen and oxygen atoms in total. The minimum Gasteiger partial charge on any atom is -0.374 e. The highest BCUT2D eigenvalue weighted by Gasteiger charge is 2.28. The van der Waals surface area contributed by atoms with Crippen molar-refractivity contribution < 1.29 is 9.26 Å². The van der Waals surface area contributed by atoms with Crippen LogP contribution in [0.5, 0.6) is 0 Å². The van der Waals surface area contributed by atoms with Gasteiger partial charge in [0.05, 0.1) is 6.04 Å².